The summed E-state index contributed by atoms with van der Waals surface area (Å²) < 4.78 is 67.3. The first kappa shape index (κ1) is 19.3. The van der Waals surface area contributed by atoms with Crippen LogP contribution in [0.2, 0.25) is 0 Å². The largest absolute Gasteiger partial charge is 0.426 e. The van der Waals surface area contributed by atoms with Crippen molar-refractivity contribution in [1.82, 2.24) is 14.7 Å². The van der Waals surface area contributed by atoms with Gasteiger partial charge in [0.2, 0.25) is 5.60 Å². The van der Waals surface area contributed by atoms with E-state index in [1.54, 1.807) is 6.92 Å². The third-order valence-electron chi connectivity index (χ3n) is 4.60. The van der Waals surface area contributed by atoms with Gasteiger partial charge in [0, 0.05) is 30.6 Å². The summed E-state index contributed by atoms with van der Waals surface area (Å²) in [5.41, 5.74) is -2.59. The molecule has 0 radical (unpaired) electrons. The van der Waals surface area contributed by atoms with Crippen LogP contribution in [-0.2, 0) is 11.3 Å². The van der Waals surface area contributed by atoms with Gasteiger partial charge in [-0.15, -0.1) is 0 Å². The third kappa shape index (κ3) is 3.18. The lowest BCUT2D eigenvalue weighted by Gasteiger charge is -2.36. The summed E-state index contributed by atoms with van der Waals surface area (Å²) in [6.45, 7) is 1.72. The molecule has 1 aromatic carbocycles. The summed E-state index contributed by atoms with van der Waals surface area (Å²) >= 11 is 0. The maximum Gasteiger partial charge on any atom is 0.426 e. The van der Waals surface area contributed by atoms with Gasteiger partial charge in [-0.3, -0.25) is 4.79 Å². The summed E-state index contributed by atoms with van der Waals surface area (Å²) in [7, 11) is 0. The first-order valence-corrected chi connectivity index (χ1v) is 8.04. The van der Waals surface area contributed by atoms with E-state index in [0.717, 1.165) is 11.0 Å². The Morgan fingerprint density at radius 1 is 1.30 bits per heavy atom. The van der Waals surface area contributed by atoms with Gasteiger partial charge in [0.15, 0.2) is 5.82 Å². The van der Waals surface area contributed by atoms with Crippen LogP contribution in [-0.4, -0.2) is 44.0 Å². The van der Waals surface area contributed by atoms with Gasteiger partial charge in [-0.1, -0.05) is 6.92 Å². The Balaban J connectivity index is 1.95. The maximum absolute atomic E-state index is 14.1. The van der Waals surface area contributed by atoms with Crippen molar-refractivity contribution in [3.05, 3.63) is 47.3 Å². The molecule has 0 saturated carbocycles. The number of rotatable bonds is 2. The molecule has 0 bridgehead atoms. The lowest BCUT2D eigenvalue weighted by Crippen LogP contribution is -2.57. The van der Waals surface area contributed by atoms with Crippen molar-refractivity contribution >= 4 is 5.91 Å². The number of carbonyl (C=O) groups is 1. The fourth-order valence-corrected chi connectivity index (χ4v) is 3.15. The van der Waals surface area contributed by atoms with Crippen LogP contribution < -0.4 is 0 Å². The maximum atomic E-state index is 14.1. The van der Waals surface area contributed by atoms with Crippen LogP contribution >= 0.6 is 0 Å². The van der Waals surface area contributed by atoms with E-state index >= 15 is 0 Å². The Hall–Kier alpha value is -2.49. The molecule has 1 aliphatic heterocycles. The molecule has 1 aliphatic rings. The highest BCUT2D eigenvalue weighted by atomic mass is 19.4. The van der Waals surface area contributed by atoms with Crippen molar-refractivity contribution in [2.75, 3.05) is 6.54 Å². The molecule has 0 fully saturated rings. The number of nitrogens with zero attached hydrogens (tertiary/aromatic N) is 3. The molecule has 146 valence electrons. The highest BCUT2D eigenvalue weighted by Gasteiger charge is 2.57. The molecule has 2 heterocycles. The van der Waals surface area contributed by atoms with Gasteiger partial charge in [0.1, 0.15) is 11.5 Å². The molecule has 27 heavy (non-hydrogen) atoms. The summed E-state index contributed by atoms with van der Waals surface area (Å²) in [4.78, 5) is 13.1. The number of benzene rings is 1. The number of aromatic nitrogens is 2. The van der Waals surface area contributed by atoms with Gasteiger partial charge in [-0.05, 0) is 19.1 Å². The average Bonchev–Trinajstić information content (AvgIpc) is 2.97. The summed E-state index contributed by atoms with van der Waals surface area (Å²) in [6.07, 6.45) is -3.80. The molecule has 0 spiro atoms. The Labute approximate surface area is 151 Å². The molecule has 2 atom stereocenters. The lowest BCUT2D eigenvalue weighted by atomic mass is 9.95. The van der Waals surface area contributed by atoms with Crippen LogP contribution in [0.4, 0.5) is 22.0 Å². The fourth-order valence-electron chi connectivity index (χ4n) is 3.15. The molecular formula is C17H16F5N3O2. The number of carbonyl (C=O) groups excluding carboxylic acids is 1. The van der Waals surface area contributed by atoms with Crippen molar-refractivity contribution in [3.8, 4) is 5.69 Å². The number of alkyl halides is 3. The van der Waals surface area contributed by atoms with Gasteiger partial charge in [-0.2, -0.15) is 18.3 Å². The van der Waals surface area contributed by atoms with Crippen molar-refractivity contribution in [3.63, 3.8) is 0 Å². The third-order valence-corrected chi connectivity index (χ3v) is 4.60. The van der Waals surface area contributed by atoms with E-state index in [-0.39, 0.29) is 18.8 Å². The quantitative estimate of drug-likeness (QED) is 0.804. The Morgan fingerprint density at radius 2 is 1.96 bits per heavy atom. The second kappa shape index (κ2) is 6.29. The molecule has 5 nitrogen and oxygen atoms in total. The van der Waals surface area contributed by atoms with E-state index in [4.69, 9.17) is 0 Å². The average molecular weight is 389 g/mol. The lowest BCUT2D eigenvalue weighted by molar-refractivity contribution is -0.250. The van der Waals surface area contributed by atoms with E-state index in [1.807, 2.05) is 0 Å². The van der Waals surface area contributed by atoms with E-state index in [2.05, 4.69) is 5.10 Å². The van der Waals surface area contributed by atoms with Crippen LogP contribution in [0.1, 0.15) is 31.0 Å². The summed E-state index contributed by atoms with van der Waals surface area (Å²) in [5, 5.41) is 13.7. The highest BCUT2D eigenvalue weighted by molar-refractivity contribution is 5.85. The van der Waals surface area contributed by atoms with E-state index in [0.29, 0.717) is 24.2 Å². The minimum atomic E-state index is -5.12. The SMILES string of the molecule is CC1CN(C(=O)C(C)(O)C(F)(F)F)Cc2cnn(-c3ccc(F)cc3F)c21. The van der Waals surface area contributed by atoms with E-state index in [9.17, 15) is 31.9 Å². The zero-order chi connectivity index (χ0) is 20.1. The minimum absolute atomic E-state index is 0.00781. The van der Waals surface area contributed by atoms with Crippen molar-refractivity contribution < 1.29 is 31.9 Å². The predicted octanol–water partition coefficient (Wildman–Crippen LogP) is 2.91. The zero-order valence-corrected chi connectivity index (χ0v) is 14.4. The normalized spacial score (nSPS) is 19.6. The monoisotopic (exact) mass is 389 g/mol. The number of hydrogen-bond donors (Lipinski definition) is 1. The molecule has 0 aliphatic carbocycles. The molecule has 2 unspecified atom stereocenters. The number of amides is 1. The Bertz CT molecular complexity index is 891. The van der Waals surface area contributed by atoms with Crippen LogP contribution in [0.3, 0.4) is 0 Å². The standard InChI is InChI=1S/C17H16F5N3O2/c1-9-7-24(15(26)16(2,27)17(20,21)22)8-10-6-23-25(14(9)10)13-4-3-11(18)5-12(13)19/h3-6,9,27H,7-8H2,1-2H3. The topological polar surface area (TPSA) is 58.4 Å². The molecule has 10 heteroatoms. The van der Waals surface area contributed by atoms with Gasteiger partial charge in [0.25, 0.3) is 5.91 Å². The number of fused-ring (bicyclic) bond motifs is 1. The van der Waals surface area contributed by atoms with Crippen LogP contribution in [0, 0.1) is 11.6 Å². The summed E-state index contributed by atoms with van der Waals surface area (Å²) in [5.74, 6) is -3.55. The summed E-state index contributed by atoms with van der Waals surface area (Å²) in [6, 6.07) is 2.97. The van der Waals surface area contributed by atoms with Crippen molar-refractivity contribution in [2.45, 2.75) is 38.1 Å². The second-order valence-corrected chi connectivity index (χ2v) is 6.72. The van der Waals surface area contributed by atoms with Crippen LogP contribution in [0.15, 0.2) is 24.4 Å². The number of halogens is 5. The van der Waals surface area contributed by atoms with Gasteiger partial charge < -0.3 is 10.0 Å². The predicted molar refractivity (Wildman–Crippen MR) is 84.0 cm³/mol. The van der Waals surface area contributed by atoms with Gasteiger partial charge in [0.05, 0.1) is 11.9 Å². The number of hydrogen-bond acceptors (Lipinski definition) is 3. The van der Waals surface area contributed by atoms with Crippen LogP contribution in [0.25, 0.3) is 5.69 Å². The Morgan fingerprint density at radius 3 is 2.56 bits per heavy atom. The molecule has 1 amide bonds. The molecule has 1 N–H and O–H groups in total. The van der Waals surface area contributed by atoms with Gasteiger partial charge in [-0.25, -0.2) is 13.5 Å². The molecule has 0 saturated heterocycles. The number of aliphatic hydroxyl groups is 1. The Kier molecular flexibility index (Phi) is 4.49. The van der Waals surface area contributed by atoms with E-state index < -0.39 is 35.2 Å². The first-order chi connectivity index (χ1) is 12.4. The zero-order valence-electron chi connectivity index (χ0n) is 14.4. The molecule has 2 aromatic rings. The van der Waals surface area contributed by atoms with Crippen molar-refractivity contribution in [1.29, 1.82) is 0 Å². The minimum Gasteiger partial charge on any atom is -0.373 e. The van der Waals surface area contributed by atoms with E-state index in [1.165, 1.54) is 16.9 Å². The fraction of sp³-hybridized carbons (Fsp3) is 0.412. The highest BCUT2D eigenvalue weighted by Crippen LogP contribution is 2.36. The van der Waals surface area contributed by atoms with Gasteiger partial charge >= 0.3 is 6.18 Å². The van der Waals surface area contributed by atoms with Crippen LogP contribution in [0.5, 0.6) is 0 Å². The molecule has 1 aromatic heterocycles. The molecule has 3 rings (SSSR count). The molecular weight excluding hydrogens is 373 g/mol. The first-order valence-electron chi connectivity index (χ1n) is 8.04. The second-order valence-electron chi connectivity index (χ2n) is 6.72. The smallest absolute Gasteiger partial charge is 0.373 e. The van der Waals surface area contributed by atoms with Crippen molar-refractivity contribution in [2.24, 2.45) is 0 Å².